The summed E-state index contributed by atoms with van der Waals surface area (Å²) >= 11 is 0. The third-order valence-electron chi connectivity index (χ3n) is 5.26. The van der Waals surface area contributed by atoms with Crippen LogP contribution < -0.4 is 10.6 Å². The lowest BCUT2D eigenvalue weighted by Gasteiger charge is -2.40. The lowest BCUT2D eigenvalue weighted by Crippen LogP contribution is -2.52. The number of amides is 2. The molecule has 0 unspecified atom stereocenters. The maximum absolute atomic E-state index is 12.8. The SMILES string of the molecule is CCCNC(=O)CN=C(NCC)N1CCC(N(CC2CC2)C(=O)OC(C)(C)C)CC1.I. The molecule has 0 aromatic heterocycles. The predicted molar refractivity (Wildman–Crippen MR) is 135 cm³/mol. The molecule has 8 nitrogen and oxygen atoms in total. The molecule has 0 radical (unpaired) electrons. The fraction of sp³-hybridized carbons (Fsp3) is 0.864. The molecule has 31 heavy (non-hydrogen) atoms. The molecule has 1 saturated carbocycles. The number of halogens is 1. The molecule has 2 amide bonds. The number of nitrogens with one attached hydrogen (secondary N) is 2. The fourth-order valence-electron chi connectivity index (χ4n) is 3.55. The Kier molecular flexibility index (Phi) is 11.9. The van der Waals surface area contributed by atoms with Crippen LogP contribution in [0.2, 0.25) is 0 Å². The Morgan fingerprint density at radius 3 is 2.26 bits per heavy atom. The summed E-state index contributed by atoms with van der Waals surface area (Å²) in [5.74, 6) is 1.34. The van der Waals surface area contributed by atoms with Gasteiger partial charge in [0.15, 0.2) is 5.96 Å². The van der Waals surface area contributed by atoms with Gasteiger partial charge in [-0.3, -0.25) is 4.79 Å². The Hall–Kier alpha value is -1.26. The van der Waals surface area contributed by atoms with E-state index in [0.29, 0.717) is 12.5 Å². The zero-order valence-electron chi connectivity index (χ0n) is 19.9. The standard InChI is InChI=1S/C22H41N5O3.HI/c1-6-12-24-19(28)15-25-20(23-7-2)26-13-10-18(11-14-26)27(16-17-8-9-17)21(29)30-22(3,4)5;/h17-18H,6-16H2,1-5H3,(H,23,25)(H,24,28);1H. The van der Waals surface area contributed by atoms with Gasteiger partial charge >= 0.3 is 6.09 Å². The first-order valence-corrected chi connectivity index (χ1v) is 11.5. The molecule has 0 aromatic rings. The van der Waals surface area contributed by atoms with Gasteiger partial charge in [0.1, 0.15) is 12.1 Å². The zero-order chi connectivity index (χ0) is 22.1. The van der Waals surface area contributed by atoms with Gasteiger partial charge in [-0.2, -0.15) is 0 Å². The highest BCUT2D eigenvalue weighted by Gasteiger charge is 2.35. The molecule has 0 aromatic carbocycles. The van der Waals surface area contributed by atoms with E-state index in [9.17, 15) is 9.59 Å². The number of carbonyl (C=O) groups is 2. The first kappa shape index (κ1) is 27.8. The van der Waals surface area contributed by atoms with E-state index < -0.39 is 5.60 Å². The summed E-state index contributed by atoms with van der Waals surface area (Å²) in [7, 11) is 0. The van der Waals surface area contributed by atoms with Gasteiger partial charge in [0, 0.05) is 38.8 Å². The van der Waals surface area contributed by atoms with Crippen LogP contribution in [0.4, 0.5) is 4.79 Å². The van der Waals surface area contributed by atoms with Crippen LogP contribution in [-0.2, 0) is 9.53 Å². The largest absolute Gasteiger partial charge is 0.444 e. The van der Waals surface area contributed by atoms with Crippen LogP contribution in [0.25, 0.3) is 0 Å². The van der Waals surface area contributed by atoms with Crippen LogP contribution >= 0.6 is 24.0 Å². The quantitative estimate of drug-likeness (QED) is 0.275. The molecule has 0 atom stereocenters. The molecule has 1 heterocycles. The van der Waals surface area contributed by atoms with E-state index in [2.05, 4.69) is 20.5 Å². The van der Waals surface area contributed by atoms with Crippen molar-refractivity contribution in [3.63, 3.8) is 0 Å². The molecule has 9 heteroatoms. The average molecular weight is 552 g/mol. The fourth-order valence-corrected chi connectivity index (χ4v) is 3.55. The summed E-state index contributed by atoms with van der Waals surface area (Å²) in [6.45, 7) is 13.8. The van der Waals surface area contributed by atoms with Crippen molar-refractivity contribution in [2.45, 2.75) is 78.4 Å². The maximum Gasteiger partial charge on any atom is 0.410 e. The third kappa shape index (κ3) is 10.3. The second-order valence-corrected chi connectivity index (χ2v) is 9.31. The minimum Gasteiger partial charge on any atom is -0.444 e. The molecule has 2 aliphatic rings. The van der Waals surface area contributed by atoms with Crippen molar-refractivity contribution in [2.75, 3.05) is 39.3 Å². The summed E-state index contributed by atoms with van der Waals surface area (Å²) in [4.78, 5) is 33.4. The third-order valence-corrected chi connectivity index (χ3v) is 5.26. The topological polar surface area (TPSA) is 86.3 Å². The van der Waals surface area contributed by atoms with Crippen LogP contribution in [0.1, 0.15) is 66.7 Å². The molecule has 0 bridgehead atoms. The van der Waals surface area contributed by atoms with Crippen LogP contribution in [-0.4, -0.2) is 78.7 Å². The van der Waals surface area contributed by atoms with Gasteiger partial charge in [-0.25, -0.2) is 9.79 Å². The van der Waals surface area contributed by atoms with Gasteiger partial charge in [0.2, 0.25) is 5.91 Å². The van der Waals surface area contributed by atoms with E-state index in [-0.39, 0.29) is 48.6 Å². The van der Waals surface area contributed by atoms with E-state index in [4.69, 9.17) is 4.74 Å². The molecular weight excluding hydrogens is 509 g/mol. The summed E-state index contributed by atoms with van der Waals surface area (Å²) in [5.41, 5.74) is -0.483. The Balaban J connectivity index is 0.00000480. The van der Waals surface area contributed by atoms with Crippen molar-refractivity contribution in [3.8, 4) is 0 Å². The van der Waals surface area contributed by atoms with Gasteiger partial charge in [0.25, 0.3) is 0 Å². The minimum absolute atomic E-state index is 0. The predicted octanol–water partition coefficient (Wildman–Crippen LogP) is 3.21. The molecule has 2 N–H and O–H groups in total. The van der Waals surface area contributed by atoms with Crippen molar-refractivity contribution in [2.24, 2.45) is 10.9 Å². The smallest absolute Gasteiger partial charge is 0.410 e. The Morgan fingerprint density at radius 1 is 1.10 bits per heavy atom. The lowest BCUT2D eigenvalue weighted by atomic mass is 10.0. The number of piperidine rings is 1. The zero-order valence-corrected chi connectivity index (χ0v) is 22.2. The highest BCUT2D eigenvalue weighted by molar-refractivity contribution is 14.0. The monoisotopic (exact) mass is 551 g/mol. The van der Waals surface area contributed by atoms with Gasteiger partial charge in [-0.05, 0) is 65.7 Å². The number of likely N-dealkylation sites (tertiary alicyclic amines) is 1. The number of hydrogen-bond donors (Lipinski definition) is 2. The number of rotatable bonds is 8. The molecule has 2 rings (SSSR count). The van der Waals surface area contributed by atoms with Crippen molar-refractivity contribution < 1.29 is 14.3 Å². The second kappa shape index (κ2) is 13.3. The van der Waals surface area contributed by atoms with E-state index in [0.717, 1.165) is 51.4 Å². The normalized spacial score (nSPS) is 17.6. The number of nitrogens with zero attached hydrogens (tertiary/aromatic N) is 3. The first-order chi connectivity index (χ1) is 14.2. The lowest BCUT2D eigenvalue weighted by molar-refractivity contribution is -0.119. The Morgan fingerprint density at radius 2 is 1.74 bits per heavy atom. The van der Waals surface area contributed by atoms with E-state index in [1.807, 2.05) is 39.5 Å². The number of guanidine groups is 1. The van der Waals surface area contributed by atoms with Crippen molar-refractivity contribution in [1.29, 1.82) is 0 Å². The highest BCUT2D eigenvalue weighted by Crippen LogP contribution is 2.32. The number of ether oxygens (including phenoxy) is 1. The van der Waals surface area contributed by atoms with Gasteiger partial charge in [-0.15, -0.1) is 24.0 Å². The van der Waals surface area contributed by atoms with E-state index >= 15 is 0 Å². The molecule has 1 aliphatic heterocycles. The van der Waals surface area contributed by atoms with Gasteiger partial charge in [-0.1, -0.05) is 6.92 Å². The van der Waals surface area contributed by atoms with Crippen LogP contribution in [0, 0.1) is 5.92 Å². The van der Waals surface area contributed by atoms with Crippen LogP contribution in [0.3, 0.4) is 0 Å². The summed E-state index contributed by atoms with van der Waals surface area (Å²) in [5, 5.41) is 6.15. The molecule has 2 fully saturated rings. The molecule has 1 aliphatic carbocycles. The first-order valence-electron chi connectivity index (χ1n) is 11.5. The Bertz CT molecular complexity index is 596. The molecule has 0 spiro atoms. The van der Waals surface area contributed by atoms with Gasteiger partial charge in [0.05, 0.1) is 0 Å². The molecule has 180 valence electrons. The van der Waals surface area contributed by atoms with Crippen molar-refractivity contribution in [1.82, 2.24) is 20.4 Å². The summed E-state index contributed by atoms with van der Waals surface area (Å²) in [6.07, 6.45) is 4.88. The molecule has 1 saturated heterocycles. The van der Waals surface area contributed by atoms with Gasteiger partial charge < -0.3 is 25.2 Å². The highest BCUT2D eigenvalue weighted by atomic mass is 127. The molecular formula is C22H42IN5O3. The van der Waals surface area contributed by atoms with Crippen LogP contribution in [0.5, 0.6) is 0 Å². The second-order valence-electron chi connectivity index (χ2n) is 9.31. The summed E-state index contributed by atoms with van der Waals surface area (Å²) in [6, 6.07) is 0.187. The Labute approximate surface area is 204 Å². The number of carbonyl (C=O) groups excluding carboxylic acids is 2. The van der Waals surface area contributed by atoms with Crippen molar-refractivity contribution in [3.05, 3.63) is 0 Å². The average Bonchev–Trinajstić information content (AvgIpc) is 3.51. The van der Waals surface area contributed by atoms with E-state index in [1.54, 1.807) is 0 Å². The number of aliphatic imine (C=N–C) groups is 1. The van der Waals surface area contributed by atoms with Crippen molar-refractivity contribution >= 4 is 41.9 Å². The maximum atomic E-state index is 12.8. The van der Waals surface area contributed by atoms with Crippen LogP contribution in [0.15, 0.2) is 4.99 Å². The number of hydrogen-bond acceptors (Lipinski definition) is 4. The van der Waals surface area contributed by atoms with E-state index in [1.165, 1.54) is 12.8 Å². The minimum atomic E-state index is -0.483. The summed E-state index contributed by atoms with van der Waals surface area (Å²) < 4.78 is 5.68.